The van der Waals surface area contributed by atoms with Gasteiger partial charge in [0.15, 0.2) is 0 Å². The summed E-state index contributed by atoms with van der Waals surface area (Å²) >= 11 is 0. The van der Waals surface area contributed by atoms with Gasteiger partial charge in [0.05, 0.1) is 0 Å². The van der Waals surface area contributed by atoms with Gasteiger partial charge in [-0.1, -0.05) is 107 Å². The van der Waals surface area contributed by atoms with E-state index in [4.69, 9.17) is 0 Å². The van der Waals surface area contributed by atoms with Crippen molar-refractivity contribution in [3.05, 3.63) is 59.7 Å². The lowest BCUT2D eigenvalue weighted by Crippen LogP contribution is -2.23. The van der Waals surface area contributed by atoms with E-state index < -0.39 is 0 Å². The molecule has 2 aromatic rings. The number of hydrogen-bond donors (Lipinski definition) is 0. The fourth-order valence-corrected chi connectivity index (χ4v) is 4.89. The maximum Gasteiger partial charge on any atom is 0.140 e. The molecule has 1 fully saturated rings. The highest BCUT2D eigenvalue weighted by Gasteiger charge is 2.29. The van der Waals surface area contributed by atoms with Gasteiger partial charge in [0.1, 0.15) is 5.78 Å². The third kappa shape index (κ3) is 6.56. The Labute approximate surface area is 184 Å². The lowest BCUT2D eigenvalue weighted by molar-refractivity contribution is -0.123. The second-order valence-electron chi connectivity index (χ2n) is 9.29. The lowest BCUT2D eigenvalue weighted by Gasteiger charge is -2.27. The van der Waals surface area contributed by atoms with Crippen LogP contribution in [-0.2, 0) is 11.2 Å². The van der Waals surface area contributed by atoms with E-state index in [0.29, 0.717) is 11.7 Å². The Morgan fingerprint density at radius 3 is 2.00 bits per heavy atom. The van der Waals surface area contributed by atoms with Gasteiger partial charge < -0.3 is 0 Å². The van der Waals surface area contributed by atoms with Crippen LogP contribution < -0.4 is 0 Å². The largest absolute Gasteiger partial charge is 0.299 e. The lowest BCUT2D eigenvalue weighted by atomic mass is 9.76. The van der Waals surface area contributed by atoms with Gasteiger partial charge in [-0.3, -0.25) is 4.79 Å². The molecule has 0 unspecified atom stereocenters. The molecule has 0 amide bonds. The van der Waals surface area contributed by atoms with E-state index in [0.717, 1.165) is 12.8 Å². The number of unbranched alkanes of at least 4 members (excludes halogenated alkanes) is 5. The zero-order valence-electron chi connectivity index (χ0n) is 19.2. The van der Waals surface area contributed by atoms with Crippen LogP contribution in [-0.4, -0.2) is 5.78 Å². The Bertz CT molecular complexity index is 756. The summed E-state index contributed by atoms with van der Waals surface area (Å²) in [5, 5.41) is 0. The summed E-state index contributed by atoms with van der Waals surface area (Å²) in [5.41, 5.74) is 5.17. The molecule has 3 rings (SSSR count). The minimum atomic E-state index is 0.118. The Morgan fingerprint density at radius 2 is 1.37 bits per heavy atom. The third-order valence-corrected chi connectivity index (χ3v) is 6.88. The van der Waals surface area contributed by atoms with E-state index in [2.05, 4.69) is 62.4 Å². The van der Waals surface area contributed by atoms with Crippen molar-refractivity contribution < 1.29 is 4.79 Å². The van der Waals surface area contributed by atoms with Gasteiger partial charge >= 0.3 is 0 Å². The van der Waals surface area contributed by atoms with E-state index in [1.807, 2.05) is 0 Å². The Kier molecular flexibility index (Phi) is 9.18. The van der Waals surface area contributed by atoms with Crippen LogP contribution in [0.4, 0.5) is 0 Å². The van der Waals surface area contributed by atoms with Crippen molar-refractivity contribution in [3.8, 4) is 11.1 Å². The minimum Gasteiger partial charge on any atom is -0.299 e. The van der Waals surface area contributed by atoms with Gasteiger partial charge in [0, 0.05) is 12.3 Å². The molecule has 2 aromatic carbocycles. The highest BCUT2D eigenvalue weighted by Crippen LogP contribution is 2.36. The molecule has 0 spiro atoms. The summed E-state index contributed by atoms with van der Waals surface area (Å²) in [6.07, 6.45) is 14.6. The molecule has 0 aromatic heterocycles. The van der Waals surface area contributed by atoms with Crippen LogP contribution in [0.1, 0.15) is 102 Å². The number of Topliss-reactive ketones (excluding diaryl/α,β-unsaturated/α-hetero) is 1. The quantitative estimate of drug-likeness (QED) is 0.343. The van der Waals surface area contributed by atoms with Crippen LogP contribution in [0.5, 0.6) is 0 Å². The summed E-state index contributed by atoms with van der Waals surface area (Å²) in [7, 11) is 0. The molecule has 1 nitrogen and oxygen atoms in total. The normalized spacial score (nSPS) is 19.2. The van der Waals surface area contributed by atoms with Gasteiger partial charge in [-0.2, -0.15) is 0 Å². The van der Waals surface area contributed by atoms with Crippen LogP contribution in [0.25, 0.3) is 11.1 Å². The van der Waals surface area contributed by atoms with E-state index in [1.165, 1.54) is 86.5 Å². The number of aryl methyl sites for hydroxylation is 1. The highest BCUT2D eigenvalue weighted by molar-refractivity contribution is 5.86. The number of ketones is 1. The first-order valence-electron chi connectivity index (χ1n) is 12.4. The van der Waals surface area contributed by atoms with Crippen LogP contribution in [0, 0.1) is 5.92 Å². The highest BCUT2D eigenvalue weighted by atomic mass is 16.1. The van der Waals surface area contributed by atoms with Crippen LogP contribution in [0.3, 0.4) is 0 Å². The molecule has 162 valence electrons. The van der Waals surface area contributed by atoms with E-state index in [9.17, 15) is 4.79 Å². The second kappa shape index (κ2) is 12.1. The monoisotopic (exact) mass is 404 g/mol. The summed E-state index contributed by atoms with van der Waals surface area (Å²) in [4.78, 5) is 12.7. The first-order chi connectivity index (χ1) is 14.7. The molecule has 2 atom stereocenters. The van der Waals surface area contributed by atoms with Gasteiger partial charge in [-0.25, -0.2) is 0 Å². The number of hydrogen-bond acceptors (Lipinski definition) is 1. The zero-order valence-corrected chi connectivity index (χ0v) is 19.2. The topological polar surface area (TPSA) is 17.1 Å². The molecule has 0 radical (unpaired) electrons. The van der Waals surface area contributed by atoms with Crippen molar-refractivity contribution >= 4 is 5.78 Å². The van der Waals surface area contributed by atoms with Crippen LogP contribution >= 0.6 is 0 Å². The molecule has 1 aliphatic rings. The average molecular weight is 405 g/mol. The van der Waals surface area contributed by atoms with Crippen LogP contribution in [0.2, 0.25) is 0 Å². The molecular weight excluding hydrogens is 364 g/mol. The van der Waals surface area contributed by atoms with E-state index >= 15 is 0 Å². The first kappa shape index (κ1) is 22.8. The third-order valence-electron chi connectivity index (χ3n) is 6.88. The van der Waals surface area contributed by atoms with Gasteiger partial charge in [0.2, 0.25) is 0 Å². The van der Waals surface area contributed by atoms with E-state index in [-0.39, 0.29) is 5.92 Å². The molecule has 0 aliphatic heterocycles. The molecule has 30 heavy (non-hydrogen) atoms. The summed E-state index contributed by atoms with van der Waals surface area (Å²) in [6.45, 7) is 4.50. The number of rotatable bonds is 11. The molecule has 0 N–H and O–H groups in total. The summed E-state index contributed by atoms with van der Waals surface area (Å²) < 4.78 is 0. The van der Waals surface area contributed by atoms with Crippen LogP contribution in [0.15, 0.2) is 48.5 Å². The standard InChI is InChI=1S/C29H40O/c1-3-5-7-8-9-11-23-12-15-25(16-13-23)26-17-19-27(20-18-26)28-21-14-24(10-6-4-2)22-29(28)30/h12-13,15-20,24,28H,3-11,14,21-22H2,1-2H3/t24-,28+/m0/s1. The maximum atomic E-state index is 12.7. The van der Waals surface area contributed by atoms with Gasteiger partial charge in [-0.05, 0) is 53.9 Å². The Morgan fingerprint density at radius 1 is 0.733 bits per heavy atom. The van der Waals surface area contributed by atoms with Crippen molar-refractivity contribution in [3.63, 3.8) is 0 Å². The SMILES string of the molecule is CCCCCCCc1ccc(-c2ccc([C@H]3CC[C@H](CCCC)CC3=O)cc2)cc1. The fraction of sp³-hybridized carbons (Fsp3) is 0.552. The number of benzene rings is 2. The maximum absolute atomic E-state index is 12.7. The second-order valence-corrected chi connectivity index (χ2v) is 9.29. The molecule has 0 saturated heterocycles. The molecule has 1 heteroatoms. The average Bonchev–Trinajstić information content (AvgIpc) is 2.78. The molecular formula is C29H40O. The molecule has 1 saturated carbocycles. The smallest absolute Gasteiger partial charge is 0.140 e. The van der Waals surface area contributed by atoms with E-state index in [1.54, 1.807) is 0 Å². The number of carbonyl (C=O) groups is 1. The number of carbonyl (C=O) groups excluding carboxylic acids is 1. The fourth-order valence-electron chi connectivity index (χ4n) is 4.89. The first-order valence-corrected chi connectivity index (χ1v) is 12.4. The van der Waals surface area contributed by atoms with Gasteiger partial charge in [-0.15, -0.1) is 0 Å². The molecule has 0 heterocycles. The van der Waals surface area contributed by atoms with Crippen molar-refractivity contribution in [2.24, 2.45) is 5.92 Å². The summed E-state index contributed by atoms with van der Waals surface area (Å²) in [5.74, 6) is 1.20. The predicted molar refractivity (Wildman–Crippen MR) is 129 cm³/mol. The minimum absolute atomic E-state index is 0.118. The molecule has 1 aliphatic carbocycles. The zero-order chi connectivity index (χ0) is 21.2. The Hall–Kier alpha value is -1.89. The van der Waals surface area contributed by atoms with Crippen molar-refractivity contribution in [2.75, 3.05) is 0 Å². The predicted octanol–water partition coefficient (Wildman–Crippen LogP) is 8.51. The Balaban J connectivity index is 1.53. The van der Waals surface area contributed by atoms with Crippen molar-refractivity contribution in [1.29, 1.82) is 0 Å². The molecule has 0 bridgehead atoms. The van der Waals surface area contributed by atoms with Gasteiger partial charge in [0.25, 0.3) is 0 Å². The van der Waals surface area contributed by atoms with Crippen molar-refractivity contribution in [1.82, 2.24) is 0 Å². The summed E-state index contributed by atoms with van der Waals surface area (Å²) in [6, 6.07) is 17.8. The van der Waals surface area contributed by atoms with Crippen molar-refractivity contribution in [2.45, 2.75) is 96.8 Å².